The van der Waals surface area contributed by atoms with E-state index in [-0.39, 0.29) is 51.0 Å². The van der Waals surface area contributed by atoms with Gasteiger partial charge in [-0.15, -0.1) is 0 Å². The summed E-state index contributed by atoms with van der Waals surface area (Å²) in [4.78, 5) is 33.0. The molecule has 0 aliphatic rings. The van der Waals surface area contributed by atoms with E-state index in [1.807, 2.05) is 0 Å². The van der Waals surface area contributed by atoms with Gasteiger partial charge in [-0.1, -0.05) is 23.2 Å². The molecule has 0 aliphatic heterocycles. The minimum Gasteiger partial charge on any atom is -0.484 e. The highest BCUT2D eigenvalue weighted by molar-refractivity contribution is 6.32. The molecule has 12 heteroatoms. The van der Waals surface area contributed by atoms with Gasteiger partial charge in [0.05, 0.1) is 20.9 Å². The Morgan fingerprint density at radius 3 is 2.50 bits per heavy atom. The second kappa shape index (κ2) is 8.80. The molecule has 3 aromatic rings. The zero-order chi connectivity index (χ0) is 21.8. The van der Waals surface area contributed by atoms with Crippen LogP contribution in [0.25, 0.3) is 0 Å². The number of nitro groups is 2. The number of rotatable bonds is 7. The largest absolute Gasteiger partial charge is 0.484 e. The van der Waals surface area contributed by atoms with Crippen molar-refractivity contribution in [1.82, 2.24) is 0 Å². The van der Waals surface area contributed by atoms with E-state index < -0.39 is 15.8 Å². The number of hydrogen-bond donors (Lipinski definition) is 1. The fourth-order valence-electron chi connectivity index (χ4n) is 2.39. The van der Waals surface area contributed by atoms with Crippen LogP contribution in [0.1, 0.15) is 16.3 Å². The zero-order valence-corrected chi connectivity index (χ0v) is 16.3. The van der Waals surface area contributed by atoms with E-state index >= 15 is 0 Å². The average molecular weight is 452 g/mol. The lowest BCUT2D eigenvalue weighted by atomic mass is 10.2. The molecule has 1 amide bonds. The lowest BCUT2D eigenvalue weighted by Gasteiger charge is -2.06. The molecule has 0 atom stereocenters. The third-order valence-electron chi connectivity index (χ3n) is 3.79. The van der Waals surface area contributed by atoms with Crippen LogP contribution in [-0.2, 0) is 6.61 Å². The number of amides is 1. The molecule has 0 saturated carbocycles. The summed E-state index contributed by atoms with van der Waals surface area (Å²) in [6.07, 6.45) is 0. The monoisotopic (exact) mass is 451 g/mol. The van der Waals surface area contributed by atoms with Gasteiger partial charge in [0, 0.05) is 17.2 Å². The molecule has 0 radical (unpaired) electrons. The number of anilines is 1. The Kier molecular flexibility index (Phi) is 6.19. The van der Waals surface area contributed by atoms with Crippen LogP contribution in [0.3, 0.4) is 0 Å². The molecule has 154 valence electrons. The van der Waals surface area contributed by atoms with Gasteiger partial charge in [0.2, 0.25) is 0 Å². The Labute approximate surface area is 178 Å². The summed E-state index contributed by atoms with van der Waals surface area (Å²) in [5.41, 5.74) is -0.614. The first-order valence-electron chi connectivity index (χ1n) is 8.15. The van der Waals surface area contributed by atoms with E-state index in [4.69, 9.17) is 32.4 Å². The molecule has 1 heterocycles. The first-order valence-corrected chi connectivity index (χ1v) is 8.91. The predicted molar refractivity (Wildman–Crippen MR) is 107 cm³/mol. The number of furan rings is 1. The lowest BCUT2D eigenvalue weighted by Crippen LogP contribution is -2.12. The molecule has 0 fully saturated rings. The Hall–Kier alpha value is -3.63. The summed E-state index contributed by atoms with van der Waals surface area (Å²) < 4.78 is 10.8. The van der Waals surface area contributed by atoms with Crippen molar-refractivity contribution in [3.63, 3.8) is 0 Å². The van der Waals surface area contributed by atoms with Gasteiger partial charge in [-0.25, -0.2) is 0 Å². The number of carbonyl (C=O) groups excluding carboxylic acids is 1. The highest BCUT2D eigenvalue weighted by Gasteiger charge is 2.19. The van der Waals surface area contributed by atoms with Crippen LogP contribution in [0.4, 0.5) is 17.1 Å². The normalized spacial score (nSPS) is 10.5. The first-order chi connectivity index (χ1) is 14.2. The highest BCUT2D eigenvalue weighted by Crippen LogP contribution is 2.30. The second-order valence-corrected chi connectivity index (χ2v) is 6.64. The van der Waals surface area contributed by atoms with Gasteiger partial charge < -0.3 is 14.5 Å². The van der Waals surface area contributed by atoms with Crippen LogP contribution in [0, 0.1) is 20.2 Å². The number of carbonyl (C=O) groups is 1. The lowest BCUT2D eigenvalue weighted by molar-refractivity contribution is -0.385. The highest BCUT2D eigenvalue weighted by atomic mass is 35.5. The van der Waals surface area contributed by atoms with E-state index in [0.717, 1.165) is 6.07 Å². The molecule has 0 aliphatic carbocycles. The van der Waals surface area contributed by atoms with E-state index in [1.165, 1.54) is 42.5 Å². The molecular weight excluding hydrogens is 441 g/mol. The number of non-ortho nitro benzene ring substituents is 1. The Morgan fingerprint density at radius 1 is 1.03 bits per heavy atom. The number of ether oxygens (including phenoxy) is 1. The molecule has 30 heavy (non-hydrogen) atoms. The van der Waals surface area contributed by atoms with Crippen molar-refractivity contribution in [3.05, 3.63) is 90.3 Å². The van der Waals surface area contributed by atoms with Gasteiger partial charge >= 0.3 is 0 Å². The topological polar surface area (TPSA) is 138 Å². The van der Waals surface area contributed by atoms with Crippen molar-refractivity contribution < 1.29 is 23.8 Å². The quantitative estimate of drug-likeness (QED) is 0.382. The molecule has 0 bridgehead atoms. The van der Waals surface area contributed by atoms with Crippen molar-refractivity contribution in [2.45, 2.75) is 6.61 Å². The maximum absolute atomic E-state index is 12.3. The number of nitrogens with one attached hydrogen (secondary N) is 1. The van der Waals surface area contributed by atoms with Gasteiger partial charge in [0.15, 0.2) is 5.76 Å². The summed E-state index contributed by atoms with van der Waals surface area (Å²) in [5, 5.41) is 24.7. The maximum Gasteiger partial charge on any atom is 0.294 e. The van der Waals surface area contributed by atoms with Gasteiger partial charge in [-0.05, 0) is 30.3 Å². The standard InChI is InChI=1S/C18H11Cl2N3O7/c19-10-1-5-14(15(7-10)23(27)28)21-18(24)16-6-3-12(30-16)9-29-17-8-11(22(25)26)2-4-13(17)20/h1-8H,9H2,(H,21,24). The minimum atomic E-state index is -0.722. The Balaban J connectivity index is 1.70. The molecule has 3 rings (SSSR count). The Morgan fingerprint density at radius 2 is 1.80 bits per heavy atom. The number of hydrogen-bond acceptors (Lipinski definition) is 7. The van der Waals surface area contributed by atoms with Crippen molar-refractivity contribution >= 4 is 46.2 Å². The van der Waals surface area contributed by atoms with Crippen LogP contribution >= 0.6 is 23.2 Å². The summed E-state index contributed by atoms with van der Waals surface area (Å²) in [7, 11) is 0. The SMILES string of the molecule is O=C(Nc1ccc(Cl)cc1[N+](=O)[O-])c1ccc(COc2cc([N+](=O)[O-])ccc2Cl)o1. The van der Waals surface area contributed by atoms with Crippen LogP contribution in [0.2, 0.25) is 10.0 Å². The third kappa shape index (κ3) is 4.85. The molecule has 0 saturated heterocycles. The van der Waals surface area contributed by atoms with Crippen molar-refractivity contribution in [3.8, 4) is 5.75 Å². The molecule has 0 unspecified atom stereocenters. The van der Waals surface area contributed by atoms with Gasteiger partial charge in [0.25, 0.3) is 17.3 Å². The number of nitrogens with zero attached hydrogens (tertiary/aromatic N) is 2. The van der Waals surface area contributed by atoms with E-state index in [1.54, 1.807) is 0 Å². The Bertz CT molecular complexity index is 1150. The summed E-state index contributed by atoms with van der Waals surface area (Å²) in [5.74, 6) is -0.540. The zero-order valence-electron chi connectivity index (χ0n) is 14.8. The molecule has 1 N–H and O–H groups in total. The van der Waals surface area contributed by atoms with Gasteiger partial charge in [0.1, 0.15) is 23.8 Å². The van der Waals surface area contributed by atoms with Crippen LogP contribution in [0.5, 0.6) is 5.75 Å². The minimum absolute atomic E-state index is 0.0491. The summed E-state index contributed by atoms with van der Waals surface area (Å²) in [6.45, 7) is -0.157. The molecular formula is C18H11Cl2N3O7. The molecule has 0 spiro atoms. The van der Waals surface area contributed by atoms with E-state index in [0.29, 0.717) is 0 Å². The van der Waals surface area contributed by atoms with E-state index in [2.05, 4.69) is 5.32 Å². The maximum atomic E-state index is 12.3. The van der Waals surface area contributed by atoms with Gasteiger partial charge in [-0.3, -0.25) is 25.0 Å². The van der Waals surface area contributed by atoms with E-state index in [9.17, 15) is 25.0 Å². The molecule has 1 aromatic heterocycles. The fourth-order valence-corrected chi connectivity index (χ4v) is 2.73. The average Bonchev–Trinajstić information content (AvgIpc) is 3.17. The second-order valence-electron chi connectivity index (χ2n) is 5.80. The van der Waals surface area contributed by atoms with Gasteiger partial charge in [-0.2, -0.15) is 0 Å². The number of benzene rings is 2. The van der Waals surface area contributed by atoms with Crippen molar-refractivity contribution in [2.24, 2.45) is 0 Å². The fraction of sp³-hybridized carbons (Fsp3) is 0.0556. The predicted octanol–water partition coefficient (Wildman–Crippen LogP) is 5.23. The van der Waals surface area contributed by atoms with Crippen molar-refractivity contribution in [1.29, 1.82) is 0 Å². The van der Waals surface area contributed by atoms with Crippen LogP contribution in [0.15, 0.2) is 52.9 Å². The third-order valence-corrected chi connectivity index (χ3v) is 4.33. The summed E-state index contributed by atoms with van der Waals surface area (Å²) >= 11 is 11.7. The number of halogens is 2. The van der Waals surface area contributed by atoms with Crippen molar-refractivity contribution in [2.75, 3.05) is 5.32 Å². The number of nitro benzene ring substituents is 2. The first kappa shape index (κ1) is 21.1. The molecule has 2 aromatic carbocycles. The van der Waals surface area contributed by atoms with Crippen LogP contribution in [-0.4, -0.2) is 15.8 Å². The van der Waals surface area contributed by atoms with Crippen LogP contribution < -0.4 is 10.1 Å². The molecule has 10 nitrogen and oxygen atoms in total. The summed E-state index contributed by atoms with van der Waals surface area (Å²) in [6, 6.07) is 10.3. The smallest absolute Gasteiger partial charge is 0.294 e.